The van der Waals surface area contributed by atoms with E-state index in [1.165, 1.54) is 6.07 Å². The summed E-state index contributed by atoms with van der Waals surface area (Å²) in [4.78, 5) is 13.4. The van der Waals surface area contributed by atoms with Gasteiger partial charge < -0.3 is 15.0 Å². The molecule has 0 bridgehead atoms. The lowest BCUT2D eigenvalue weighted by Gasteiger charge is -2.21. The zero-order chi connectivity index (χ0) is 21.5. The van der Waals surface area contributed by atoms with Crippen LogP contribution in [0.1, 0.15) is 32.3 Å². The quantitative estimate of drug-likeness (QED) is 0.649. The number of pyridine rings is 1. The highest BCUT2D eigenvalue weighted by molar-refractivity contribution is 7.90. The molecular formula is C22H23N3O4S. The molecular weight excluding hydrogens is 402 g/mol. The molecule has 1 unspecified atom stereocenters. The molecule has 0 amide bonds. The number of aromatic nitrogens is 1. The highest BCUT2D eigenvalue weighted by Crippen LogP contribution is 2.32. The fourth-order valence-electron chi connectivity index (χ4n) is 3.60. The Labute approximate surface area is 174 Å². The van der Waals surface area contributed by atoms with Gasteiger partial charge in [-0.25, -0.2) is 0 Å². The summed E-state index contributed by atoms with van der Waals surface area (Å²) in [5.74, 6) is -0.0271. The molecule has 0 spiro atoms. The molecule has 7 nitrogen and oxygen atoms in total. The van der Waals surface area contributed by atoms with Gasteiger partial charge in [0, 0.05) is 11.9 Å². The molecule has 0 aliphatic carbocycles. The number of amidine groups is 1. The van der Waals surface area contributed by atoms with Gasteiger partial charge in [-0.2, -0.15) is 8.42 Å². The lowest BCUT2D eigenvalue weighted by Crippen LogP contribution is -2.33. The minimum atomic E-state index is -4.00. The van der Waals surface area contributed by atoms with Crippen molar-refractivity contribution in [1.82, 2.24) is 4.57 Å². The second kappa shape index (κ2) is 7.60. The van der Waals surface area contributed by atoms with Crippen LogP contribution in [0.25, 0.3) is 10.9 Å². The second-order valence-electron chi connectivity index (χ2n) is 7.54. The first kappa shape index (κ1) is 20.2. The van der Waals surface area contributed by atoms with Gasteiger partial charge in [-0.15, -0.1) is 4.40 Å². The molecule has 8 heteroatoms. The number of aromatic hydroxyl groups is 1. The first-order chi connectivity index (χ1) is 14.3. The van der Waals surface area contributed by atoms with Gasteiger partial charge in [0.2, 0.25) is 0 Å². The fourth-order valence-corrected chi connectivity index (χ4v) is 4.72. The molecule has 1 aliphatic rings. The Morgan fingerprint density at radius 2 is 1.83 bits per heavy atom. The van der Waals surface area contributed by atoms with Gasteiger partial charge in [-0.1, -0.05) is 44.5 Å². The number of benzene rings is 2. The third-order valence-electron chi connectivity index (χ3n) is 5.55. The van der Waals surface area contributed by atoms with Crippen molar-refractivity contribution in [3.8, 4) is 5.75 Å². The molecule has 3 aromatic rings. The van der Waals surface area contributed by atoms with Crippen LogP contribution in [-0.4, -0.2) is 23.9 Å². The van der Waals surface area contributed by atoms with Crippen LogP contribution in [0.3, 0.4) is 0 Å². The highest BCUT2D eigenvalue weighted by Gasteiger charge is 2.29. The van der Waals surface area contributed by atoms with Gasteiger partial charge in [0.05, 0.1) is 11.2 Å². The molecule has 4 rings (SSSR count). The van der Waals surface area contributed by atoms with Crippen LogP contribution >= 0.6 is 0 Å². The van der Waals surface area contributed by atoms with Gasteiger partial charge in [-0.05, 0) is 36.6 Å². The minimum Gasteiger partial charge on any atom is -0.506 e. The second-order valence-corrected chi connectivity index (χ2v) is 9.11. The molecule has 0 saturated heterocycles. The Kier molecular flexibility index (Phi) is 5.11. The molecule has 0 fully saturated rings. The van der Waals surface area contributed by atoms with Crippen LogP contribution in [-0.2, 0) is 16.6 Å². The summed E-state index contributed by atoms with van der Waals surface area (Å²) in [5.41, 5.74) is 0.304. The van der Waals surface area contributed by atoms with Crippen LogP contribution < -0.4 is 10.9 Å². The predicted molar refractivity (Wildman–Crippen MR) is 118 cm³/mol. The van der Waals surface area contributed by atoms with Crippen molar-refractivity contribution in [2.45, 2.75) is 38.1 Å². The van der Waals surface area contributed by atoms with E-state index < -0.39 is 15.6 Å². The summed E-state index contributed by atoms with van der Waals surface area (Å²) < 4.78 is 30.7. The summed E-state index contributed by atoms with van der Waals surface area (Å²) in [6.07, 6.45) is 1.77. The monoisotopic (exact) mass is 425 g/mol. The smallest absolute Gasteiger partial charge is 0.286 e. The minimum absolute atomic E-state index is 0.0334. The van der Waals surface area contributed by atoms with Crippen molar-refractivity contribution in [2.75, 3.05) is 5.32 Å². The largest absolute Gasteiger partial charge is 0.506 e. The van der Waals surface area contributed by atoms with E-state index in [4.69, 9.17) is 0 Å². The van der Waals surface area contributed by atoms with Crippen molar-refractivity contribution in [2.24, 2.45) is 10.3 Å². The van der Waals surface area contributed by atoms with E-state index in [0.717, 1.165) is 12.8 Å². The zero-order valence-corrected chi connectivity index (χ0v) is 17.6. The van der Waals surface area contributed by atoms with Crippen molar-refractivity contribution in [3.63, 3.8) is 0 Å². The first-order valence-corrected chi connectivity index (χ1v) is 11.3. The number of rotatable bonds is 5. The Bertz CT molecular complexity index is 1330. The summed E-state index contributed by atoms with van der Waals surface area (Å²) in [7, 11) is -4.00. The molecule has 1 aromatic heterocycles. The lowest BCUT2D eigenvalue weighted by atomic mass is 10.0. The normalized spacial score (nSPS) is 15.9. The molecule has 1 atom stereocenters. The van der Waals surface area contributed by atoms with Crippen LogP contribution in [0.5, 0.6) is 5.75 Å². The SMILES string of the molecule is CCC(C)CCn1c(=O)c(C2=NS(=O)(=O)c3ccccc3N2)c(O)c2ccccc21. The third kappa shape index (κ3) is 3.37. The molecule has 30 heavy (non-hydrogen) atoms. The van der Waals surface area contributed by atoms with E-state index in [9.17, 15) is 18.3 Å². The maximum Gasteiger partial charge on any atom is 0.286 e. The molecule has 2 N–H and O–H groups in total. The molecule has 156 valence electrons. The third-order valence-corrected chi connectivity index (χ3v) is 6.89. The Morgan fingerprint density at radius 1 is 1.13 bits per heavy atom. The van der Waals surface area contributed by atoms with Crippen molar-refractivity contribution < 1.29 is 13.5 Å². The first-order valence-electron chi connectivity index (χ1n) is 9.89. The number of fused-ring (bicyclic) bond motifs is 2. The average molecular weight is 426 g/mol. The maximum atomic E-state index is 13.4. The van der Waals surface area contributed by atoms with E-state index in [-0.39, 0.29) is 22.0 Å². The van der Waals surface area contributed by atoms with Crippen LogP contribution in [0, 0.1) is 5.92 Å². The number of nitrogens with one attached hydrogen (secondary N) is 1. The van der Waals surface area contributed by atoms with Crippen molar-refractivity contribution in [1.29, 1.82) is 0 Å². The summed E-state index contributed by atoms with van der Waals surface area (Å²) >= 11 is 0. The topological polar surface area (TPSA) is 101 Å². The maximum absolute atomic E-state index is 13.4. The summed E-state index contributed by atoms with van der Waals surface area (Å²) in [6.45, 7) is 4.67. The van der Waals surface area contributed by atoms with Crippen molar-refractivity contribution >= 4 is 32.4 Å². The highest BCUT2D eigenvalue weighted by atomic mass is 32.2. The molecule has 1 aliphatic heterocycles. The zero-order valence-electron chi connectivity index (χ0n) is 16.8. The van der Waals surface area contributed by atoms with E-state index >= 15 is 0 Å². The van der Waals surface area contributed by atoms with E-state index in [0.29, 0.717) is 29.1 Å². The van der Waals surface area contributed by atoms with Gasteiger partial charge in [0.25, 0.3) is 15.6 Å². The Morgan fingerprint density at radius 3 is 2.60 bits per heavy atom. The van der Waals surface area contributed by atoms with Gasteiger partial charge >= 0.3 is 0 Å². The molecule has 0 radical (unpaired) electrons. The number of anilines is 1. The van der Waals surface area contributed by atoms with Crippen molar-refractivity contribution in [3.05, 3.63) is 64.4 Å². The number of hydrogen-bond acceptors (Lipinski definition) is 5. The summed E-state index contributed by atoms with van der Waals surface area (Å²) in [6, 6.07) is 13.4. The lowest BCUT2D eigenvalue weighted by molar-refractivity contribution is 0.460. The molecule has 2 aromatic carbocycles. The number of para-hydroxylation sites is 2. The van der Waals surface area contributed by atoms with E-state index in [1.807, 2.05) is 0 Å². The predicted octanol–water partition coefficient (Wildman–Crippen LogP) is 3.70. The molecule has 0 saturated carbocycles. The summed E-state index contributed by atoms with van der Waals surface area (Å²) in [5, 5.41) is 14.3. The van der Waals surface area contributed by atoms with Gasteiger partial charge in [0.1, 0.15) is 16.2 Å². The van der Waals surface area contributed by atoms with Crippen LogP contribution in [0.2, 0.25) is 0 Å². The molecule has 2 heterocycles. The van der Waals surface area contributed by atoms with E-state index in [1.54, 1.807) is 47.0 Å². The van der Waals surface area contributed by atoms with Gasteiger partial charge in [0.15, 0.2) is 5.84 Å². The average Bonchev–Trinajstić information content (AvgIpc) is 2.73. The number of nitrogens with zero attached hydrogens (tertiary/aromatic N) is 2. The van der Waals surface area contributed by atoms with Crippen LogP contribution in [0.4, 0.5) is 5.69 Å². The van der Waals surface area contributed by atoms with E-state index in [2.05, 4.69) is 23.6 Å². The van der Waals surface area contributed by atoms with Gasteiger partial charge in [-0.3, -0.25) is 4.79 Å². The number of hydrogen-bond donors (Lipinski definition) is 2. The standard InChI is InChI=1S/C22H23N3O4S/c1-3-14(2)12-13-25-17-10-6-4-8-15(17)20(26)19(22(25)27)21-23-16-9-5-7-11-18(16)30(28,29)24-21/h4-11,14,26H,3,12-13H2,1-2H3,(H,23,24). The number of sulfonamides is 1. The fraction of sp³-hybridized carbons (Fsp3) is 0.273. The number of aryl methyl sites for hydroxylation is 1. The van der Waals surface area contributed by atoms with Crippen LogP contribution in [0.15, 0.2) is 62.6 Å². The Hall–Kier alpha value is -3.13. The Balaban J connectivity index is 1.94.